The number of hydrogen-bond acceptors (Lipinski definition) is 6. The van der Waals surface area contributed by atoms with Crippen LogP contribution in [0.3, 0.4) is 0 Å². The quantitative estimate of drug-likeness (QED) is 0.269. The van der Waals surface area contributed by atoms with Gasteiger partial charge in [0.05, 0.1) is 38.9 Å². The standard InChI is InChI=1S/C29H29ClN4O4/c1-19(28(36)38-3)17-31-29(32-27(35)22-9-13-23(30)14-10-22)34-18-25(20-7-5-4-6-8-20)26(33-34)21-11-15-24(37-2)16-12-21/h4-16,19,25H,17-18H2,1-3H3,(H,31,32,35). The lowest BCUT2D eigenvalue weighted by Gasteiger charge is -2.20. The normalized spacial score (nSPS) is 16.0. The molecule has 0 aliphatic carbocycles. The number of nitrogens with one attached hydrogen (secondary N) is 1. The van der Waals surface area contributed by atoms with Crippen molar-refractivity contribution in [2.24, 2.45) is 16.0 Å². The Morgan fingerprint density at radius 3 is 2.37 bits per heavy atom. The van der Waals surface area contributed by atoms with Crippen LogP contribution >= 0.6 is 11.6 Å². The van der Waals surface area contributed by atoms with Crippen molar-refractivity contribution in [2.45, 2.75) is 12.8 Å². The van der Waals surface area contributed by atoms with Gasteiger partial charge in [-0.3, -0.25) is 19.9 Å². The molecule has 1 aliphatic rings. The molecule has 0 fully saturated rings. The molecule has 9 heteroatoms. The zero-order valence-electron chi connectivity index (χ0n) is 21.4. The maximum atomic E-state index is 13.1. The van der Waals surface area contributed by atoms with Crippen LogP contribution in [0.1, 0.15) is 34.3 Å². The van der Waals surface area contributed by atoms with Crippen LogP contribution in [-0.2, 0) is 9.53 Å². The van der Waals surface area contributed by atoms with Gasteiger partial charge in [0.15, 0.2) is 0 Å². The molecule has 1 heterocycles. The highest BCUT2D eigenvalue weighted by atomic mass is 35.5. The third-order valence-electron chi connectivity index (χ3n) is 6.20. The number of hydrazone groups is 1. The SMILES string of the molecule is COC(=O)C(C)CN=C(NC(=O)c1ccc(Cl)cc1)N1CC(c2ccccc2)C(c2ccc(OC)cc2)=N1. The Balaban J connectivity index is 1.70. The lowest BCUT2D eigenvalue weighted by atomic mass is 9.90. The molecule has 2 unspecified atom stereocenters. The van der Waals surface area contributed by atoms with E-state index in [-0.39, 0.29) is 30.3 Å². The third kappa shape index (κ3) is 6.39. The van der Waals surface area contributed by atoms with Gasteiger partial charge in [-0.05, 0) is 59.7 Å². The molecule has 0 spiro atoms. The first kappa shape index (κ1) is 26.9. The number of hydrogen-bond donors (Lipinski definition) is 1. The highest BCUT2D eigenvalue weighted by Crippen LogP contribution is 2.29. The number of nitrogens with zero attached hydrogens (tertiary/aromatic N) is 3. The molecule has 0 aromatic heterocycles. The number of halogens is 1. The Morgan fingerprint density at radius 1 is 1.05 bits per heavy atom. The second kappa shape index (κ2) is 12.4. The molecule has 8 nitrogen and oxygen atoms in total. The largest absolute Gasteiger partial charge is 0.497 e. The molecule has 1 N–H and O–H groups in total. The maximum Gasteiger partial charge on any atom is 0.310 e. The number of guanidine groups is 1. The minimum absolute atomic E-state index is 0.0831. The molecule has 3 aromatic rings. The first-order chi connectivity index (χ1) is 18.4. The summed E-state index contributed by atoms with van der Waals surface area (Å²) in [6.07, 6.45) is 0. The molecular formula is C29H29ClN4O4. The van der Waals surface area contributed by atoms with Crippen molar-refractivity contribution >= 4 is 35.1 Å². The molecule has 0 radical (unpaired) electrons. The minimum Gasteiger partial charge on any atom is -0.497 e. The average molecular weight is 533 g/mol. The molecule has 0 saturated heterocycles. The van der Waals surface area contributed by atoms with Crippen LogP contribution < -0.4 is 10.1 Å². The van der Waals surface area contributed by atoms with E-state index < -0.39 is 5.92 Å². The predicted molar refractivity (Wildman–Crippen MR) is 148 cm³/mol. The highest BCUT2D eigenvalue weighted by molar-refractivity contribution is 6.30. The van der Waals surface area contributed by atoms with Crippen LogP contribution in [0.5, 0.6) is 5.75 Å². The van der Waals surface area contributed by atoms with Crippen molar-refractivity contribution in [3.63, 3.8) is 0 Å². The van der Waals surface area contributed by atoms with Gasteiger partial charge in [-0.25, -0.2) is 5.01 Å². The average Bonchev–Trinajstić information content (AvgIpc) is 3.40. The number of amides is 1. The summed E-state index contributed by atoms with van der Waals surface area (Å²) >= 11 is 5.99. The second-order valence-corrected chi connectivity index (χ2v) is 9.25. The Bertz CT molecular complexity index is 1320. The van der Waals surface area contributed by atoms with Crippen LogP contribution in [0, 0.1) is 5.92 Å². The van der Waals surface area contributed by atoms with E-state index >= 15 is 0 Å². The fourth-order valence-corrected chi connectivity index (χ4v) is 4.19. The van der Waals surface area contributed by atoms with Crippen LogP contribution in [0.4, 0.5) is 0 Å². The van der Waals surface area contributed by atoms with Gasteiger partial charge in [-0.1, -0.05) is 48.9 Å². The molecule has 3 aromatic carbocycles. The molecule has 0 saturated carbocycles. The van der Waals surface area contributed by atoms with E-state index in [4.69, 9.17) is 26.2 Å². The van der Waals surface area contributed by atoms with Gasteiger partial charge in [0.1, 0.15) is 5.75 Å². The fourth-order valence-electron chi connectivity index (χ4n) is 4.06. The fraction of sp³-hybridized carbons (Fsp3) is 0.241. The summed E-state index contributed by atoms with van der Waals surface area (Å²) in [4.78, 5) is 29.7. The number of esters is 1. The summed E-state index contributed by atoms with van der Waals surface area (Å²) in [7, 11) is 2.96. The molecule has 1 amide bonds. The summed E-state index contributed by atoms with van der Waals surface area (Å²) in [6, 6.07) is 24.3. The number of rotatable bonds is 7. The van der Waals surface area contributed by atoms with Crippen molar-refractivity contribution in [3.05, 3.63) is 101 Å². The van der Waals surface area contributed by atoms with Crippen LogP contribution in [-0.4, -0.2) is 55.9 Å². The molecule has 196 valence electrons. The number of carbonyl (C=O) groups is 2. The van der Waals surface area contributed by atoms with Crippen molar-refractivity contribution in [3.8, 4) is 5.75 Å². The monoisotopic (exact) mass is 532 g/mol. The van der Waals surface area contributed by atoms with E-state index in [1.54, 1.807) is 43.3 Å². The Kier molecular flexibility index (Phi) is 8.76. The predicted octanol–water partition coefficient (Wildman–Crippen LogP) is 4.75. The summed E-state index contributed by atoms with van der Waals surface area (Å²) in [5.41, 5.74) is 3.25. The number of benzene rings is 3. The Hall–Kier alpha value is -4.17. The zero-order valence-corrected chi connectivity index (χ0v) is 22.2. The summed E-state index contributed by atoms with van der Waals surface area (Å²) in [6.45, 7) is 2.28. The van der Waals surface area contributed by atoms with E-state index in [0.717, 1.165) is 22.6 Å². The van der Waals surface area contributed by atoms with Gasteiger partial charge in [-0.2, -0.15) is 5.10 Å². The highest BCUT2D eigenvalue weighted by Gasteiger charge is 2.32. The van der Waals surface area contributed by atoms with E-state index in [1.807, 2.05) is 42.5 Å². The lowest BCUT2D eigenvalue weighted by Crippen LogP contribution is -2.42. The Morgan fingerprint density at radius 2 is 1.74 bits per heavy atom. The van der Waals surface area contributed by atoms with E-state index in [0.29, 0.717) is 17.1 Å². The molecule has 4 rings (SSSR count). The summed E-state index contributed by atoms with van der Waals surface area (Å²) in [5, 5.41) is 9.99. The summed E-state index contributed by atoms with van der Waals surface area (Å²) < 4.78 is 10.2. The molecule has 1 aliphatic heterocycles. The number of ether oxygens (including phenoxy) is 2. The minimum atomic E-state index is -0.500. The van der Waals surface area contributed by atoms with E-state index in [9.17, 15) is 9.59 Å². The molecule has 38 heavy (non-hydrogen) atoms. The molecular weight excluding hydrogens is 504 g/mol. The third-order valence-corrected chi connectivity index (χ3v) is 6.45. The summed E-state index contributed by atoms with van der Waals surface area (Å²) in [5.74, 6) is -0.348. The van der Waals surface area contributed by atoms with Crippen molar-refractivity contribution < 1.29 is 19.1 Å². The first-order valence-electron chi connectivity index (χ1n) is 12.1. The van der Waals surface area contributed by atoms with Crippen molar-refractivity contribution in [1.82, 2.24) is 10.3 Å². The lowest BCUT2D eigenvalue weighted by molar-refractivity contribution is -0.144. The van der Waals surface area contributed by atoms with Gasteiger partial charge in [-0.15, -0.1) is 0 Å². The van der Waals surface area contributed by atoms with E-state index in [2.05, 4.69) is 22.4 Å². The van der Waals surface area contributed by atoms with E-state index in [1.165, 1.54) is 7.11 Å². The van der Waals surface area contributed by atoms with Gasteiger partial charge >= 0.3 is 5.97 Å². The smallest absolute Gasteiger partial charge is 0.310 e. The van der Waals surface area contributed by atoms with Gasteiger partial charge < -0.3 is 9.47 Å². The molecule has 2 atom stereocenters. The van der Waals surface area contributed by atoms with Gasteiger partial charge in [0.2, 0.25) is 5.96 Å². The Labute approximate surface area is 226 Å². The van der Waals surface area contributed by atoms with Crippen LogP contribution in [0.15, 0.2) is 89.0 Å². The van der Waals surface area contributed by atoms with Crippen LogP contribution in [0.25, 0.3) is 0 Å². The van der Waals surface area contributed by atoms with Crippen molar-refractivity contribution in [1.29, 1.82) is 0 Å². The number of carbonyl (C=O) groups excluding carboxylic acids is 2. The van der Waals surface area contributed by atoms with Gasteiger partial charge in [0, 0.05) is 16.5 Å². The van der Waals surface area contributed by atoms with Crippen molar-refractivity contribution in [2.75, 3.05) is 27.3 Å². The van der Waals surface area contributed by atoms with Crippen LogP contribution in [0.2, 0.25) is 5.02 Å². The second-order valence-electron chi connectivity index (χ2n) is 8.81. The number of methoxy groups -OCH3 is 2. The maximum absolute atomic E-state index is 13.1. The molecule has 0 bridgehead atoms. The zero-order chi connectivity index (χ0) is 27.1. The topological polar surface area (TPSA) is 92.6 Å². The first-order valence-corrected chi connectivity index (χ1v) is 12.5. The van der Waals surface area contributed by atoms with Gasteiger partial charge in [0.25, 0.3) is 5.91 Å². The number of aliphatic imine (C=N–C) groups is 1.